The lowest BCUT2D eigenvalue weighted by molar-refractivity contribution is 0.172. The number of aliphatic hydroxyl groups excluding tert-OH is 1. The molecule has 2 aromatic heterocycles. The number of hydrogen-bond acceptors (Lipinski definition) is 4. The van der Waals surface area contributed by atoms with E-state index in [9.17, 15) is 5.11 Å². The van der Waals surface area contributed by atoms with Crippen molar-refractivity contribution in [1.29, 1.82) is 0 Å². The fourth-order valence-electron chi connectivity index (χ4n) is 2.53. The topological polar surface area (TPSA) is 55.5 Å². The molecule has 0 amide bonds. The van der Waals surface area contributed by atoms with Crippen LogP contribution in [0.15, 0.2) is 47.0 Å². The van der Waals surface area contributed by atoms with Crippen molar-refractivity contribution in [1.82, 2.24) is 4.98 Å². The Hall–Kier alpha value is -2.33. The van der Waals surface area contributed by atoms with Crippen molar-refractivity contribution in [2.75, 3.05) is 6.61 Å². The lowest BCUT2D eigenvalue weighted by atomic mass is 10.1. The third-order valence-electron chi connectivity index (χ3n) is 3.79. The van der Waals surface area contributed by atoms with Crippen LogP contribution in [0.4, 0.5) is 0 Å². The average molecular weight is 311 g/mol. The van der Waals surface area contributed by atoms with Crippen LogP contribution in [0.1, 0.15) is 37.0 Å². The van der Waals surface area contributed by atoms with Crippen LogP contribution < -0.4 is 4.74 Å². The SMILES string of the molecule is CCOc1ccc(CCc2cc3oc(C(C)O)cc3cn2)cc1. The highest BCUT2D eigenvalue weighted by atomic mass is 16.5. The van der Waals surface area contributed by atoms with E-state index in [0.717, 1.165) is 35.3 Å². The molecule has 4 nitrogen and oxygen atoms in total. The first-order valence-electron chi connectivity index (χ1n) is 7.94. The van der Waals surface area contributed by atoms with Crippen molar-refractivity contribution in [2.45, 2.75) is 32.8 Å². The maximum atomic E-state index is 9.58. The molecule has 0 radical (unpaired) electrons. The van der Waals surface area contributed by atoms with Crippen LogP contribution >= 0.6 is 0 Å². The largest absolute Gasteiger partial charge is 0.494 e. The molecule has 0 aliphatic heterocycles. The summed E-state index contributed by atoms with van der Waals surface area (Å²) in [5.74, 6) is 1.47. The van der Waals surface area contributed by atoms with Crippen LogP contribution in [0.2, 0.25) is 0 Å². The van der Waals surface area contributed by atoms with Gasteiger partial charge in [0.15, 0.2) is 0 Å². The van der Waals surface area contributed by atoms with E-state index in [-0.39, 0.29) is 0 Å². The third kappa shape index (κ3) is 3.71. The Morgan fingerprint density at radius 2 is 1.96 bits per heavy atom. The van der Waals surface area contributed by atoms with Crippen molar-refractivity contribution in [3.63, 3.8) is 0 Å². The van der Waals surface area contributed by atoms with E-state index in [1.54, 1.807) is 13.1 Å². The predicted octanol–water partition coefficient (Wildman–Crippen LogP) is 4.07. The molecule has 0 spiro atoms. The van der Waals surface area contributed by atoms with Gasteiger partial charge < -0.3 is 14.3 Å². The predicted molar refractivity (Wildman–Crippen MR) is 89.7 cm³/mol. The summed E-state index contributed by atoms with van der Waals surface area (Å²) in [6.45, 7) is 4.35. The van der Waals surface area contributed by atoms with E-state index < -0.39 is 6.10 Å². The first kappa shape index (κ1) is 15.6. The minimum absolute atomic E-state index is 0.575. The summed E-state index contributed by atoms with van der Waals surface area (Å²) in [5, 5.41) is 10.5. The van der Waals surface area contributed by atoms with Crippen LogP contribution in [0, 0.1) is 0 Å². The second kappa shape index (κ2) is 6.84. The molecule has 2 heterocycles. The molecule has 4 heteroatoms. The molecule has 3 rings (SSSR count). The summed E-state index contributed by atoms with van der Waals surface area (Å²) in [4.78, 5) is 4.48. The Labute approximate surface area is 135 Å². The van der Waals surface area contributed by atoms with Crippen LogP contribution in [0.3, 0.4) is 0 Å². The summed E-state index contributed by atoms with van der Waals surface area (Å²) in [7, 11) is 0. The van der Waals surface area contributed by atoms with E-state index in [2.05, 4.69) is 17.1 Å². The number of benzene rings is 1. The van der Waals surface area contributed by atoms with Crippen LogP contribution in [0.5, 0.6) is 5.75 Å². The van der Waals surface area contributed by atoms with Gasteiger partial charge in [0.1, 0.15) is 23.2 Å². The van der Waals surface area contributed by atoms with Gasteiger partial charge in [-0.05, 0) is 50.5 Å². The van der Waals surface area contributed by atoms with E-state index in [4.69, 9.17) is 9.15 Å². The number of aryl methyl sites for hydroxylation is 2. The molecule has 0 fully saturated rings. The average Bonchev–Trinajstić information content (AvgIpc) is 2.98. The second-order valence-corrected chi connectivity index (χ2v) is 5.62. The van der Waals surface area contributed by atoms with Crippen LogP contribution in [-0.2, 0) is 12.8 Å². The highest BCUT2D eigenvalue weighted by Gasteiger charge is 2.09. The van der Waals surface area contributed by atoms with E-state index in [1.165, 1.54) is 5.56 Å². The maximum Gasteiger partial charge on any atom is 0.137 e. The van der Waals surface area contributed by atoms with Crippen molar-refractivity contribution in [3.8, 4) is 5.75 Å². The van der Waals surface area contributed by atoms with E-state index in [1.807, 2.05) is 31.2 Å². The molecule has 1 N–H and O–H groups in total. The quantitative estimate of drug-likeness (QED) is 0.745. The van der Waals surface area contributed by atoms with Crippen molar-refractivity contribution < 1.29 is 14.3 Å². The van der Waals surface area contributed by atoms with Crippen molar-refractivity contribution >= 4 is 11.0 Å². The number of ether oxygens (including phenoxy) is 1. The molecule has 0 aliphatic carbocycles. The lowest BCUT2D eigenvalue weighted by Gasteiger charge is -2.05. The van der Waals surface area contributed by atoms with Gasteiger partial charge in [0.05, 0.1) is 6.61 Å². The number of furan rings is 1. The summed E-state index contributed by atoms with van der Waals surface area (Å²) >= 11 is 0. The maximum absolute atomic E-state index is 9.58. The molecular formula is C19H21NO3. The Morgan fingerprint density at radius 1 is 1.17 bits per heavy atom. The molecule has 0 bridgehead atoms. The fraction of sp³-hybridized carbons (Fsp3) is 0.316. The summed E-state index contributed by atoms with van der Waals surface area (Å²) in [6, 6.07) is 12.0. The molecule has 1 atom stereocenters. The smallest absolute Gasteiger partial charge is 0.137 e. The first-order chi connectivity index (χ1) is 11.2. The number of pyridine rings is 1. The molecular weight excluding hydrogens is 290 g/mol. The van der Waals surface area contributed by atoms with Crippen LogP contribution in [-0.4, -0.2) is 16.7 Å². The van der Waals surface area contributed by atoms with Gasteiger partial charge in [0.25, 0.3) is 0 Å². The summed E-state index contributed by atoms with van der Waals surface area (Å²) < 4.78 is 11.1. The molecule has 23 heavy (non-hydrogen) atoms. The van der Waals surface area contributed by atoms with Gasteiger partial charge >= 0.3 is 0 Å². The van der Waals surface area contributed by atoms with Gasteiger partial charge in [-0.1, -0.05) is 12.1 Å². The van der Waals surface area contributed by atoms with E-state index >= 15 is 0 Å². The van der Waals surface area contributed by atoms with Crippen molar-refractivity contribution in [2.24, 2.45) is 0 Å². The number of nitrogens with zero attached hydrogens (tertiary/aromatic N) is 1. The zero-order valence-corrected chi connectivity index (χ0v) is 13.5. The highest BCUT2D eigenvalue weighted by Crippen LogP contribution is 2.24. The second-order valence-electron chi connectivity index (χ2n) is 5.62. The highest BCUT2D eigenvalue weighted by molar-refractivity contribution is 5.77. The van der Waals surface area contributed by atoms with E-state index in [0.29, 0.717) is 12.4 Å². The lowest BCUT2D eigenvalue weighted by Crippen LogP contribution is -1.95. The first-order valence-corrected chi connectivity index (χ1v) is 7.94. The molecule has 0 aliphatic rings. The normalized spacial score (nSPS) is 12.5. The molecule has 0 saturated carbocycles. The zero-order valence-electron chi connectivity index (χ0n) is 13.5. The summed E-state index contributed by atoms with van der Waals surface area (Å²) in [5.41, 5.74) is 3.01. The van der Waals surface area contributed by atoms with Gasteiger partial charge in [-0.2, -0.15) is 0 Å². The van der Waals surface area contributed by atoms with Crippen molar-refractivity contribution in [3.05, 3.63) is 59.6 Å². The molecule has 0 saturated heterocycles. The van der Waals surface area contributed by atoms with Crippen LogP contribution in [0.25, 0.3) is 11.0 Å². The van der Waals surface area contributed by atoms with Gasteiger partial charge in [0, 0.05) is 23.3 Å². The zero-order chi connectivity index (χ0) is 16.2. The Bertz CT molecular complexity index is 775. The minimum Gasteiger partial charge on any atom is -0.494 e. The molecule has 3 aromatic rings. The monoisotopic (exact) mass is 311 g/mol. The number of aliphatic hydroxyl groups is 1. The number of rotatable bonds is 6. The van der Waals surface area contributed by atoms with Gasteiger partial charge in [-0.3, -0.25) is 4.98 Å². The Morgan fingerprint density at radius 3 is 2.65 bits per heavy atom. The molecule has 1 unspecified atom stereocenters. The number of aromatic nitrogens is 1. The fourth-order valence-corrected chi connectivity index (χ4v) is 2.53. The molecule has 120 valence electrons. The van der Waals surface area contributed by atoms with Gasteiger partial charge in [-0.15, -0.1) is 0 Å². The Balaban J connectivity index is 1.68. The standard InChI is InChI=1S/C19H21NO3/c1-3-22-17-8-5-14(6-9-17)4-7-16-11-19-15(12-20-16)10-18(23-19)13(2)21/h5-6,8-13,21H,3-4,7H2,1-2H3. The number of hydrogen-bond donors (Lipinski definition) is 1. The van der Waals surface area contributed by atoms with Gasteiger partial charge in [0.2, 0.25) is 0 Å². The number of fused-ring (bicyclic) bond motifs is 1. The van der Waals surface area contributed by atoms with Gasteiger partial charge in [-0.25, -0.2) is 0 Å². The summed E-state index contributed by atoms with van der Waals surface area (Å²) in [6.07, 6.45) is 2.96. The minimum atomic E-state index is -0.602. The third-order valence-corrected chi connectivity index (χ3v) is 3.79. The Kier molecular flexibility index (Phi) is 4.63. The molecule has 1 aromatic carbocycles.